The van der Waals surface area contributed by atoms with Crippen molar-refractivity contribution >= 4 is 60.4 Å². The minimum atomic E-state index is 0.175. The number of hydrogen-bond donors (Lipinski definition) is 2. The first-order valence-corrected chi connectivity index (χ1v) is 14.3. The quantitative estimate of drug-likeness (QED) is 0.269. The maximum atomic E-state index is 9.21. The zero-order valence-electron chi connectivity index (χ0n) is 20.7. The van der Waals surface area contributed by atoms with Crippen LogP contribution in [0.4, 0.5) is 11.4 Å². The van der Waals surface area contributed by atoms with Crippen molar-refractivity contribution in [1.29, 1.82) is 5.26 Å². The van der Waals surface area contributed by atoms with E-state index in [9.17, 15) is 5.26 Å². The summed E-state index contributed by atoms with van der Waals surface area (Å²) in [5.41, 5.74) is 9.50. The molecule has 6 nitrogen and oxygen atoms in total. The third kappa shape index (κ3) is 8.48. The molecule has 2 aromatic rings. The third-order valence-electron chi connectivity index (χ3n) is 6.41. The molecular formula is C27H34Br2N6S. The number of nitrogens with one attached hydrogen (secondary N) is 1. The molecular weight excluding hydrogens is 600 g/mol. The summed E-state index contributed by atoms with van der Waals surface area (Å²) < 4.78 is 2.23. The second kappa shape index (κ2) is 14.6. The van der Waals surface area contributed by atoms with Crippen LogP contribution in [0.5, 0.6) is 0 Å². The van der Waals surface area contributed by atoms with E-state index in [1.54, 1.807) is 0 Å². The molecule has 36 heavy (non-hydrogen) atoms. The third-order valence-corrected chi connectivity index (χ3v) is 7.68. The van der Waals surface area contributed by atoms with Gasteiger partial charge in [0.15, 0.2) is 0 Å². The zero-order chi connectivity index (χ0) is 25.9. The summed E-state index contributed by atoms with van der Waals surface area (Å²) >= 11 is 11.9. The molecule has 0 radical (unpaired) electrons. The lowest BCUT2D eigenvalue weighted by atomic mass is 10.2. The number of nitrogens with two attached hydrogens (primary N) is 1. The van der Waals surface area contributed by atoms with Gasteiger partial charge in [0.1, 0.15) is 16.6 Å². The molecule has 2 heterocycles. The maximum Gasteiger partial charge on any atom is 0.116 e. The number of benzene rings is 2. The monoisotopic (exact) mass is 632 g/mol. The van der Waals surface area contributed by atoms with Crippen molar-refractivity contribution in [3.63, 3.8) is 0 Å². The smallest absolute Gasteiger partial charge is 0.116 e. The molecule has 3 N–H and O–H groups in total. The van der Waals surface area contributed by atoms with Crippen LogP contribution in [0.1, 0.15) is 19.8 Å². The number of nitrogens with zero attached hydrogens (tertiary/aromatic N) is 4. The molecule has 2 aliphatic rings. The Balaban J connectivity index is 0.000000221. The summed E-state index contributed by atoms with van der Waals surface area (Å²) in [5, 5.41) is 12.6. The Morgan fingerprint density at radius 3 is 1.94 bits per heavy atom. The van der Waals surface area contributed by atoms with E-state index in [1.807, 2.05) is 6.92 Å². The van der Waals surface area contributed by atoms with Crippen molar-refractivity contribution in [2.75, 3.05) is 62.2 Å². The van der Waals surface area contributed by atoms with E-state index >= 15 is 0 Å². The lowest BCUT2D eigenvalue weighted by molar-refractivity contribution is 0.369. The van der Waals surface area contributed by atoms with Gasteiger partial charge < -0.3 is 25.8 Å². The van der Waals surface area contributed by atoms with Gasteiger partial charge in [0.2, 0.25) is 0 Å². The summed E-state index contributed by atoms with van der Waals surface area (Å²) in [4.78, 5) is 7.18. The molecule has 0 spiro atoms. The molecule has 9 heteroatoms. The van der Waals surface area contributed by atoms with Crippen molar-refractivity contribution in [1.82, 2.24) is 10.2 Å². The van der Waals surface area contributed by atoms with E-state index in [0.717, 1.165) is 73.4 Å². The number of nitriles is 1. The molecule has 2 aromatic carbocycles. The Morgan fingerprint density at radius 2 is 1.39 bits per heavy atom. The van der Waals surface area contributed by atoms with Crippen LogP contribution in [0.3, 0.4) is 0 Å². The largest absolute Gasteiger partial charge is 0.389 e. The predicted octanol–water partition coefficient (Wildman–Crippen LogP) is 5.29. The summed E-state index contributed by atoms with van der Waals surface area (Å²) in [7, 11) is 0. The molecule has 0 unspecified atom stereocenters. The van der Waals surface area contributed by atoms with Gasteiger partial charge in [0.25, 0.3) is 0 Å². The van der Waals surface area contributed by atoms with Crippen LogP contribution in [0, 0.1) is 11.3 Å². The van der Waals surface area contributed by atoms with E-state index in [-0.39, 0.29) is 4.99 Å². The summed E-state index contributed by atoms with van der Waals surface area (Å²) in [6, 6.07) is 19.0. The van der Waals surface area contributed by atoms with Crippen molar-refractivity contribution in [2.24, 2.45) is 5.73 Å². The highest BCUT2D eigenvalue weighted by Crippen LogP contribution is 2.22. The zero-order valence-corrected chi connectivity index (χ0v) is 24.7. The SMILES string of the molecule is Brc1ccc(N2CCCNCC2)cc1.C/C(=C(\C#N)C(N)=S)N1CCCN(c2ccc(Br)cc2)CC1. The lowest BCUT2D eigenvalue weighted by Crippen LogP contribution is -2.31. The van der Waals surface area contributed by atoms with Gasteiger partial charge in [-0.1, -0.05) is 44.1 Å². The molecule has 0 aromatic heterocycles. The Hall–Kier alpha value is -2.12. The van der Waals surface area contributed by atoms with Crippen LogP contribution >= 0.6 is 44.1 Å². The Kier molecular flexibility index (Phi) is 11.5. The fourth-order valence-electron chi connectivity index (χ4n) is 4.39. The number of hydrogen-bond acceptors (Lipinski definition) is 6. The van der Waals surface area contributed by atoms with E-state index in [4.69, 9.17) is 18.0 Å². The van der Waals surface area contributed by atoms with Crippen LogP contribution in [-0.4, -0.2) is 62.2 Å². The molecule has 0 atom stereocenters. The highest BCUT2D eigenvalue weighted by Gasteiger charge is 2.18. The van der Waals surface area contributed by atoms with Crippen molar-refractivity contribution in [2.45, 2.75) is 19.8 Å². The van der Waals surface area contributed by atoms with E-state index in [0.29, 0.717) is 5.57 Å². The average molecular weight is 634 g/mol. The normalized spacial score (nSPS) is 17.1. The molecule has 2 aliphatic heterocycles. The Morgan fingerprint density at radius 1 is 0.833 bits per heavy atom. The molecule has 4 rings (SSSR count). The molecule has 0 amide bonds. The van der Waals surface area contributed by atoms with Gasteiger partial charge >= 0.3 is 0 Å². The van der Waals surface area contributed by atoms with Gasteiger partial charge in [0.05, 0.1) is 0 Å². The van der Waals surface area contributed by atoms with E-state index < -0.39 is 0 Å². The molecule has 0 aliphatic carbocycles. The van der Waals surface area contributed by atoms with Gasteiger partial charge in [0, 0.05) is 71.8 Å². The summed E-state index contributed by atoms with van der Waals surface area (Å²) in [5.74, 6) is 0. The minimum Gasteiger partial charge on any atom is -0.389 e. The second-order valence-corrected chi connectivity index (χ2v) is 11.1. The van der Waals surface area contributed by atoms with Crippen LogP contribution in [-0.2, 0) is 0 Å². The first kappa shape index (κ1) is 28.5. The molecule has 192 valence electrons. The number of allylic oxidation sites excluding steroid dienone is 1. The number of anilines is 2. The maximum absolute atomic E-state index is 9.21. The van der Waals surface area contributed by atoms with Crippen LogP contribution < -0.4 is 20.9 Å². The fourth-order valence-corrected chi connectivity index (χ4v) is 5.11. The summed E-state index contributed by atoms with van der Waals surface area (Å²) in [6.45, 7) is 10.1. The fraction of sp³-hybridized carbons (Fsp3) is 0.407. The Bertz CT molecular complexity index is 1060. The average Bonchev–Trinajstić information content (AvgIpc) is 3.29. The number of rotatable bonds is 4. The van der Waals surface area contributed by atoms with Gasteiger partial charge in [-0.15, -0.1) is 0 Å². The minimum absolute atomic E-state index is 0.175. The van der Waals surface area contributed by atoms with Crippen molar-refractivity contribution < 1.29 is 0 Å². The highest BCUT2D eigenvalue weighted by atomic mass is 79.9. The molecule has 0 bridgehead atoms. The van der Waals surface area contributed by atoms with Crippen LogP contribution in [0.15, 0.2) is 68.7 Å². The van der Waals surface area contributed by atoms with Gasteiger partial charge in [-0.25, -0.2) is 0 Å². The van der Waals surface area contributed by atoms with E-state index in [2.05, 4.69) is 106 Å². The van der Waals surface area contributed by atoms with Gasteiger partial charge in [-0.2, -0.15) is 5.26 Å². The topological polar surface area (TPSA) is 71.6 Å². The van der Waals surface area contributed by atoms with Gasteiger partial charge in [-0.3, -0.25) is 0 Å². The van der Waals surface area contributed by atoms with Gasteiger partial charge in [-0.05, 0) is 74.8 Å². The molecule has 2 fully saturated rings. The second-order valence-electron chi connectivity index (χ2n) is 8.81. The van der Waals surface area contributed by atoms with E-state index in [1.165, 1.54) is 17.8 Å². The lowest BCUT2D eigenvalue weighted by Gasteiger charge is -2.26. The van der Waals surface area contributed by atoms with Crippen molar-refractivity contribution in [3.05, 3.63) is 68.7 Å². The number of halogens is 2. The standard InChI is InChI=1S/C16H19BrN4S.C11H15BrN2/c1-12(15(11-18)16(19)22)20-7-2-8-21(10-9-20)14-5-3-13(17)4-6-14;12-10-2-4-11(5-3-10)14-8-1-6-13-7-9-14/h3-6H,2,7-10H2,1H3,(H2,19,22);2-5,13H,1,6-9H2/b15-12-;. The number of thiocarbonyl (C=S) groups is 1. The molecule has 0 saturated carbocycles. The van der Waals surface area contributed by atoms with Crippen LogP contribution in [0.25, 0.3) is 0 Å². The highest BCUT2D eigenvalue weighted by molar-refractivity contribution is 9.10. The molecule has 2 saturated heterocycles. The first-order chi connectivity index (χ1) is 17.4. The van der Waals surface area contributed by atoms with Crippen molar-refractivity contribution in [3.8, 4) is 6.07 Å². The summed E-state index contributed by atoms with van der Waals surface area (Å²) in [6.07, 6.45) is 2.26. The first-order valence-electron chi connectivity index (χ1n) is 12.3. The Labute approximate surface area is 237 Å². The predicted molar refractivity (Wildman–Crippen MR) is 161 cm³/mol. The van der Waals surface area contributed by atoms with Crippen LogP contribution in [0.2, 0.25) is 0 Å².